The number of piperidine rings is 1. The van der Waals surface area contributed by atoms with Crippen LogP contribution in [0.15, 0.2) is 48.5 Å². The van der Waals surface area contributed by atoms with Gasteiger partial charge in [0.2, 0.25) is 0 Å². The molecule has 0 spiro atoms. The highest BCUT2D eigenvalue weighted by atomic mass is 19.4. The van der Waals surface area contributed by atoms with Gasteiger partial charge in [0, 0.05) is 0 Å². The number of benzene rings is 2. The second-order valence-corrected chi connectivity index (χ2v) is 8.24. The molecule has 0 aliphatic carbocycles. The zero-order chi connectivity index (χ0) is 22.9. The predicted octanol–water partition coefficient (Wildman–Crippen LogP) is 4.97. The van der Waals surface area contributed by atoms with Gasteiger partial charge in [-0.2, -0.15) is 13.2 Å². The fourth-order valence-corrected chi connectivity index (χ4v) is 4.31. The number of fused-ring (bicyclic) bond motifs is 1. The van der Waals surface area contributed by atoms with Gasteiger partial charge in [0.05, 0.1) is 23.8 Å². The third kappa shape index (κ3) is 4.59. The van der Waals surface area contributed by atoms with Crippen molar-refractivity contribution in [2.24, 2.45) is 0 Å². The van der Waals surface area contributed by atoms with E-state index in [2.05, 4.69) is 10.6 Å². The lowest BCUT2D eigenvalue weighted by atomic mass is 9.81. The number of carbonyl (C=O) groups excluding carboxylic acids is 1. The third-order valence-corrected chi connectivity index (χ3v) is 6.06. The Labute approximate surface area is 183 Å². The van der Waals surface area contributed by atoms with Crippen molar-refractivity contribution in [2.75, 3.05) is 6.61 Å². The van der Waals surface area contributed by atoms with E-state index in [0.717, 1.165) is 17.7 Å². The Morgan fingerprint density at radius 1 is 1.22 bits per heavy atom. The zero-order valence-electron chi connectivity index (χ0n) is 17.4. The van der Waals surface area contributed by atoms with Gasteiger partial charge in [-0.15, -0.1) is 0 Å². The van der Waals surface area contributed by atoms with Crippen LogP contribution in [0.5, 0.6) is 0 Å². The van der Waals surface area contributed by atoms with Crippen molar-refractivity contribution in [1.82, 2.24) is 10.6 Å². The highest BCUT2D eigenvalue weighted by molar-refractivity contribution is 5.70. The van der Waals surface area contributed by atoms with E-state index >= 15 is 0 Å². The molecule has 0 bridgehead atoms. The van der Waals surface area contributed by atoms with Crippen molar-refractivity contribution >= 4 is 6.09 Å². The average molecular weight is 452 g/mol. The van der Waals surface area contributed by atoms with Crippen molar-refractivity contribution in [2.45, 2.75) is 56.5 Å². The topological polar surface area (TPSA) is 59.6 Å². The fraction of sp³-hybridized carbons (Fsp3) is 0.435. The Bertz CT molecular complexity index is 969. The highest BCUT2D eigenvalue weighted by Crippen LogP contribution is 2.37. The van der Waals surface area contributed by atoms with E-state index in [-0.39, 0.29) is 23.8 Å². The van der Waals surface area contributed by atoms with E-state index in [9.17, 15) is 22.4 Å². The molecule has 2 aliphatic heterocycles. The molecule has 0 saturated carbocycles. The predicted molar refractivity (Wildman–Crippen MR) is 108 cm³/mol. The SMILES string of the molecule is CC(OCC1(c2ccccc2)CCC2OC(=O)NC2N1)c1cc(CF)cc(C(F)(F)F)c1. The van der Waals surface area contributed by atoms with Gasteiger partial charge in [0.25, 0.3) is 0 Å². The van der Waals surface area contributed by atoms with Crippen LogP contribution in [0.4, 0.5) is 22.4 Å². The Kier molecular flexibility index (Phi) is 6.13. The molecule has 4 atom stereocenters. The van der Waals surface area contributed by atoms with Crippen molar-refractivity contribution in [3.05, 3.63) is 70.8 Å². The number of ether oxygens (including phenoxy) is 2. The molecule has 0 radical (unpaired) electrons. The molecule has 2 heterocycles. The van der Waals surface area contributed by atoms with Gasteiger partial charge in [-0.1, -0.05) is 36.4 Å². The second kappa shape index (κ2) is 8.71. The van der Waals surface area contributed by atoms with Crippen LogP contribution in [-0.4, -0.2) is 25.0 Å². The molecular weight excluding hydrogens is 428 g/mol. The van der Waals surface area contributed by atoms with E-state index < -0.39 is 42.3 Å². The molecule has 32 heavy (non-hydrogen) atoms. The number of alkyl halides is 4. The molecule has 2 aromatic rings. The second-order valence-electron chi connectivity index (χ2n) is 8.24. The maximum Gasteiger partial charge on any atom is 0.416 e. The van der Waals surface area contributed by atoms with Gasteiger partial charge in [0.15, 0.2) is 0 Å². The summed E-state index contributed by atoms with van der Waals surface area (Å²) < 4.78 is 64.2. The number of hydrogen-bond acceptors (Lipinski definition) is 4. The van der Waals surface area contributed by atoms with Gasteiger partial charge in [0.1, 0.15) is 18.9 Å². The van der Waals surface area contributed by atoms with Crippen LogP contribution in [0, 0.1) is 0 Å². The first-order valence-corrected chi connectivity index (χ1v) is 10.4. The van der Waals surface area contributed by atoms with E-state index in [1.165, 1.54) is 6.07 Å². The van der Waals surface area contributed by atoms with Gasteiger partial charge in [-0.3, -0.25) is 5.32 Å². The average Bonchev–Trinajstić information content (AvgIpc) is 3.16. The molecule has 172 valence electrons. The van der Waals surface area contributed by atoms with Crippen LogP contribution in [-0.2, 0) is 27.9 Å². The summed E-state index contributed by atoms with van der Waals surface area (Å²) in [4.78, 5) is 11.7. The quantitative estimate of drug-likeness (QED) is 0.608. The Morgan fingerprint density at radius 2 is 1.97 bits per heavy atom. The van der Waals surface area contributed by atoms with Crippen LogP contribution in [0.1, 0.15) is 48.1 Å². The minimum Gasteiger partial charge on any atom is -0.443 e. The summed E-state index contributed by atoms with van der Waals surface area (Å²) in [6, 6.07) is 12.7. The normalized spacial score (nSPS) is 26.2. The number of alkyl carbamates (subject to hydrolysis) is 1. The summed E-state index contributed by atoms with van der Waals surface area (Å²) in [6.07, 6.45) is -5.29. The number of carbonyl (C=O) groups is 1. The van der Waals surface area contributed by atoms with Crippen molar-refractivity contribution in [1.29, 1.82) is 0 Å². The maximum atomic E-state index is 13.2. The molecular formula is C23H24F4N2O3. The van der Waals surface area contributed by atoms with Crippen LogP contribution in [0.25, 0.3) is 0 Å². The van der Waals surface area contributed by atoms with Crippen molar-refractivity contribution < 1.29 is 31.8 Å². The number of rotatable bonds is 6. The first kappa shape index (κ1) is 22.5. The summed E-state index contributed by atoms with van der Waals surface area (Å²) in [5.41, 5.74) is -0.447. The lowest BCUT2D eigenvalue weighted by Crippen LogP contribution is -2.61. The lowest BCUT2D eigenvalue weighted by molar-refractivity contribution is -0.137. The number of amides is 1. The fourth-order valence-electron chi connectivity index (χ4n) is 4.31. The molecule has 9 heteroatoms. The van der Waals surface area contributed by atoms with Crippen LogP contribution >= 0.6 is 0 Å². The van der Waals surface area contributed by atoms with Crippen LogP contribution in [0.2, 0.25) is 0 Å². The number of halogens is 4. The molecule has 4 rings (SSSR count). The molecule has 2 saturated heterocycles. The summed E-state index contributed by atoms with van der Waals surface area (Å²) in [5, 5.41) is 6.16. The smallest absolute Gasteiger partial charge is 0.416 e. The minimum atomic E-state index is -4.58. The first-order chi connectivity index (χ1) is 15.2. The summed E-state index contributed by atoms with van der Waals surface area (Å²) in [6.45, 7) is 0.780. The van der Waals surface area contributed by atoms with Gasteiger partial charge >= 0.3 is 12.3 Å². The Morgan fingerprint density at radius 3 is 2.66 bits per heavy atom. The summed E-state index contributed by atoms with van der Waals surface area (Å²) >= 11 is 0. The van der Waals surface area contributed by atoms with Gasteiger partial charge < -0.3 is 14.8 Å². The van der Waals surface area contributed by atoms with Crippen LogP contribution in [0.3, 0.4) is 0 Å². The van der Waals surface area contributed by atoms with E-state index in [1.807, 2.05) is 30.3 Å². The van der Waals surface area contributed by atoms with Crippen molar-refractivity contribution in [3.8, 4) is 0 Å². The zero-order valence-corrected chi connectivity index (χ0v) is 17.4. The maximum absolute atomic E-state index is 13.2. The van der Waals surface area contributed by atoms with E-state index in [0.29, 0.717) is 12.8 Å². The summed E-state index contributed by atoms with van der Waals surface area (Å²) in [7, 11) is 0. The number of nitrogens with one attached hydrogen (secondary N) is 2. The molecule has 2 N–H and O–H groups in total. The van der Waals surface area contributed by atoms with E-state index in [1.54, 1.807) is 6.92 Å². The largest absolute Gasteiger partial charge is 0.443 e. The molecule has 2 fully saturated rings. The van der Waals surface area contributed by atoms with E-state index in [4.69, 9.17) is 9.47 Å². The van der Waals surface area contributed by atoms with Gasteiger partial charge in [-0.05, 0) is 48.6 Å². The third-order valence-electron chi connectivity index (χ3n) is 6.06. The Hall–Kier alpha value is -2.65. The standard InChI is InChI=1S/C23H24F4N2O3/c1-14(16-9-15(12-24)10-18(11-16)23(25,26)27)31-13-22(17-5-3-2-4-6-17)8-7-19-20(29-22)28-21(30)32-19/h2-6,9-11,14,19-20,29H,7-8,12-13H2,1H3,(H,28,30). The van der Waals surface area contributed by atoms with Crippen LogP contribution < -0.4 is 10.6 Å². The Balaban J connectivity index is 1.57. The van der Waals surface area contributed by atoms with Crippen molar-refractivity contribution in [3.63, 3.8) is 0 Å². The summed E-state index contributed by atoms with van der Waals surface area (Å²) in [5.74, 6) is 0. The molecule has 0 aromatic heterocycles. The minimum absolute atomic E-state index is 0.0486. The molecule has 5 nitrogen and oxygen atoms in total. The lowest BCUT2D eigenvalue weighted by Gasteiger charge is -2.43. The molecule has 1 amide bonds. The first-order valence-electron chi connectivity index (χ1n) is 10.4. The molecule has 4 unspecified atom stereocenters. The molecule has 2 aromatic carbocycles. The number of hydrogen-bond donors (Lipinski definition) is 2. The molecule has 2 aliphatic rings. The van der Waals surface area contributed by atoms with Gasteiger partial charge in [-0.25, -0.2) is 9.18 Å². The monoisotopic (exact) mass is 452 g/mol. The highest BCUT2D eigenvalue weighted by Gasteiger charge is 2.47.